The summed E-state index contributed by atoms with van der Waals surface area (Å²) in [7, 11) is 0. The van der Waals surface area contributed by atoms with Gasteiger partial charge in [0.2, 0.25) is 0 Å². The van der Waals surface area contributed by atoms with Crippen LogP contribution in [0.15, 0.2) is 71.3 Å². The summed E-state index contributed by atoms with van der Waals surface area (Å²) in [5, 5.41) is 0. The van der Waals surface area contributed by atoms with Gasteiger partial charge in [0.25, 0.3) is 5.91 Å². The molecule has 0 saturated carbocycles. The summed E-state index contributed by atoms with van der Waals surface area (Å²) < 4.78 is 30.7. The van der Waals surface area contributed by atoms with Gasteiger partial charge in [-0.25, -0.2) is 4.39 Å². The number of hydrogen-bond donors (Lipinski definition) is 0. The fourth-order valence-corrected chi connectivity index (χ4v) is 3.74. The molecule has 3 aromatic rings. The molecular weight excluding hydrogens is 397 g/mol. The first-order valence-corrected chi connectivity index (χ1v) is 10.6. The molecule has 0 radical (unpaired) electrons. The Morgan fingerprint density at radius 1 is 1.13 bits per heavy atom. The van der Waals surface area contributed by atoms with Crippen LogP contribution in [0.2, 0.25) is 0 Å². The number of rotatable bonds is 9. The third kappa shape index (κ3) is 5.73. The van der Waals surface area contributed by atoms with E-state index < -0.39 is 0 Å². The lowest BCUT2D eigenvalue weighted by molar-refractivity contribution is 0.0484. The first-order chi connectivity index (χ1) is 15.2. The Hall–Kier alpha value is -3.12. The minimum Gasteiger partial charge on any atom is -0.493 e. The molecule has 1 fully saturated rings. The molecule has 0 N–H and O–H groups in total. The number of hydrogen-bond acceptors (Lipinski definition) is 4. The second-order valence-electron chi connectivity index (χ2n) is 7.64. The van der Waals surface area contributed by atoms with E-state index in [0.29, 0.717) is 43.2 Å². The van der Waals surface area contributed by atoms with Crippen LogP contribution in [0.1, 0.15) is 34.5 Å². The third-order valence-corrected chi connectivity index (χ3v) is 5.34. The van der Waals surface area contributed by atoms with E-state index in [1.54, 1.807) is 29.2 Å². The smallest absolute Gasteiger partial charge is 0.289 e. The lowest BCUT2D eigenvalue weighted by Gasteiger charge is -2.25. The van der Waals surface area contributed by atoms with E-state index in [4.69, 9.17) is 13.9 Å². The number of ether oxygens (including phenoxy) is 2. The fourth-order valence-electron chi connectivity index (χ4n) is 3.74. The minimum absolute atomic E-state index is 0.0408. The van der Waals surface area contributed by atoms with Crippen molar-refractivity contribution in [3.63, 3.8) is 0 Å². The number of benzene rings is 2. The van der Waals surface area contributed by atoms with Crippen LogP contribution in [0, 0.1) is 5.82 Å². The molecule has 5 nitrogen and oxygen atoms in total. The van der Waals surface area contributed by atoms with Gasteiger partial charge in [0.15, 0.2) is 5.76 Å². The van der Waals surface area contributed by atoms with Gasteiger partial charge in [-0.15, -0.1) is 0 Å². The Balaban J connectivity index is 1.40. The molecule has 31 heavy (non-hydrogen) atoms. The van der Waals surface area contributed by atoms with Gasteiger partial charge in [0, 0.05) is 26.1 Å². The largest absolute Gasteiger partial charge is 0.493 e. The van der Waals surface area contributed by atoms with Gasteiger partial charge in [0.05, 0.1) is 19.0 Å². The quantitative estimate of drug-likeness (QED) is 0.493. The van der Waals surface area contributed by atoms with Crippen LogP contribution in [0.3, 0.4) is 0 Å². The zero-order chi connectivity index (χ0) is 21.5. The molecule has 0 aliphatic carbocycles. The first kappa shape index (κ1) is 21.1. The highest BCUT2D eigenvalue weighted by Gasteiger charge is 2.25. The van der Waals surface area contributed by atoms with Gasteiger partial charge in [-0.1, -0.05) is 30.3 Å². The summed E-state index contributed by atoms with van der Waals surface area (Å²) in [4.78, 5) is 14.7. The molecule has 0 unspecified atom stereocenters. The molecule has 0 spiro atoms. The molecule has 1 aliphatic heterocycles. The summed E-state index contributed by atoms with van der Waals surface area (Å²) >= 11 is 0. The van der Waals surface area contributed by atoms with E-state index in [9.17, 15) is 9.18 Å². The topological polar surface area (TPSA) is 51.9 Å². The Labute approximate surface area is 181 Å². The summed E-state index contributed by atoms with van der Waals surface area (Å²) in [6.07, 6.45) is 3.99. The molecule has 2 aromatic carbocycles. The SMILES string of the molecule is O=C(c1ccco1)N(Cc1cccc(OCCc2ccccc2F)c1)C[C@H]1CCCO1. The summed E-state index contributed by atoms with van der Waals surface area (Å²) in [5.41, 5.74) is 1.58. The lowest BCUT2D eigenvalue weighted by atomic mass is 10.1. The molecule has 162 valence electrons. The maximum Gasteiger partial charge on any atom is 0.289 e. The Bertz CT molecular complexity index is 983. The van der Waals surface area contributed by atoms with Crippen molar-refractivity contribution < 1.29 is 23.1 Å². The van der Waals surface area contributed by atoms with Crippen molar-refractivity contribution >= 4 is 5.91 Å². The van der Waals surface area contributed by atoms with E-state index >= 15 is 0 Å². The van der Waals surface area contributed by atoms with Crippen LogP contribution in [0.25, 0.3) is 0 Å². The number of furan rings is 1. The normalized spacial score (nSPS) is 15.7. The fraction of sp³-hybridized carbons (Fsp3) is 0.320. The van der Waals surface area contributed by atoms with Gasteiger partial charge in [-0.2, -0.15) is 0 Å². The van der Waals surface area contributed by atoms with E-state index in [-0.39, 0.29) is 17.8 Å². The molecule has 1 atom stereocenters. The molecule has 1 aliphatic rings. The summed E-state index contributed by atoms with van der Waals surface area (Å²) in [6, 6.07) is 17.7. The van der Waals surface area contributed by atoms with Crippen LogP contribution in [0.5, 0.6) is 5.75 Å². The molecular formula is C25H26FNO4. The molecule has 0 bridgehead atoms. The minimum atomic E-state index is -0.221. The van der Waals surface area contributed by atoms with Crippen LogP contribution in [-0.4, -0.2) is 36.7 Å². The average Bonchev–Trinajstić information content (AvgIpc) is 3.49. The first-order valence-electron chi connectivity index (χ1n) is 10.6. The van der Waals surface area contributed by atoms with Crippen LogP contribution < -0.4 is 4.74 Å². The predicted octanol–water partition coefficient (Wildman–Crippen LogP) is 4.86. The second-order valence-corrected chi connectivity index (χ2v) is 7.64. The standard InChI is InChI=1S/C25H26FNO4/c26-23-10-2-1-7-20(23)12-15-30-21-8-3-6-19(16-21)17-27(18-22-9-4-13-29-22)25(28)24-11-5-14-31-24/h1-3,5-8,10-11,14,16,22H,4,9,12-13,15,17-18H2/t22-/m1/s1. The van der Waals surface area contributed by atoms with Crippen LogP contribution >= 0.6 is 0 Å². The van der Waals surface area contributed by atoms with Crippen molar-refractivity contribution in [3.8, 4) is 5.75 Å². The Morgan fingerprint density at radius 3 is 2.81 bits per heavy atom. The molecule has 1 aromatic heterocycles. The average molecular weight is 423 g/mol. The molecule has 1 amide bonds. The van der Waals surface area contributed by atoms with Crippen molar-refractivity contribution in [2.45, 2.75) is 31.9 Å². The lowest BCUT2D eigenvalue weighted by Crippen LogP contribution is -2.36. The van der Waals surface area contributed by atoms with Gasteiger partial charge in [-0.3, -0.25) is 4.79 Å². The van der Waals surface area contributed by atoms with Crippen molar-refractivity contribution in [1.82, 2.24) is 4.90 Å². The van der Waals surface area contributed by atoms with Gasteiger partial charge in [0.1, 0.15) is 11.6 Å². The van der Waals surface area contributed by atoms with Crippen molar-refractivity contribution in [3.05, 3.63) is 89.6 Å². The van der Waals surface area contributed by atoms with Crippen molar-refractivity contribution in [2.24, 2.45) is 0 Å². The predicted molar refractivity (Wildman–Crippen MR) is 114 cm³/mol. The number of nitrogens with zero attached hydrogens (tertiary/aromatic N) is 1. The summed E-state index contributed by atoms with van der Waals surface area (Å²) in [6.45, 7) is 2.04. The maximum atomic E-state index is 13.8. The highest BCUT2D eigenvalue weighted by Crippen LogP contribution is 2.20. The number of amides is 1. The zero-order valence-corrected chi connectivity index (χ0v) is 17.3. The van der Waals surface area contributed by atoms with Gasteiger partial charge >= 0.3 is 0 Å². The number of carbonyl (C=O) groups is 1. The van der Waals surface area contributed by atoms with E-state index in [1.165, 1.54) is 12.3 Å². The zero-order valence-electron chi connectivity index (χ0n) is 17.3. The maximum absolute atomic E-state index is 13.8. The van der Waals surface area contributed by atoms with E-state index in [0.717, 1.165) is 25.0 Å². The van der Waals surface area contributed by atoms with Crippen molar-refractivity contribution in [1.29, 1.82) is 0 Å². The Morgan fingerprint density at radius 2 is 2.03 bits per heavy atom. The van der Waals surface area contributed by atoms with Gasteiger partial charge < -0.3 is 18.8 Å². The Kier molecular flexibility index (Phi) is 6.99. The monoisotopic (exact) mass is 423 g/mol. The van der Waals surface area contributed by atoms with Gasteiger partial charge in [-0.05, 0) is 54.3 Å². The highest BCUT2D eigenvalue weighted by atomic mass is 19.1. The number of carbonyl (C=O) groups excluding carboxylic acids is 1. The summed E-state index contributed by atoms with van der Waals surface area (Å²) in [5.74, 6) is 0.624. The molecule has 4 rings (SSSR count). The molecule has 2 heterocycles. The number of halogens is 1. The van der Waals surface area contributed by atoms with E-state index in [1.807, 2.05) is 30.3 Å². The van der Waals surface area contributed by atoms with Crippen molar-refractivity contribution in [2.75, 3.05) is 19.8 Å². The van der Waals surface area contributed by atoms with Crippen LogP contribution in [-0.2, 0) is 17.7 Å². The van der Waals surface area contributed by atoms with E-state index in [2.05, 4.69) is 0 Å². The molecule has 1 saturated heterocycles. The molecule has 6 heteroatoms. The third-order valence-electron chi connectivity index (χ3n) is 5.34. The second kappa shape index (κ2) is 10.3. The van der Waals surface area contributed by atoms with Crippen LogP contribution in [0.4, 0.5) is 4.39 Å². The highest BCUT2D eigenvalue weighted by molar-refractivity contribution is 5.91.